The highest BCUT2D eigenvalue weighted by atomic mass is 32.1. The highest BCUT2D eigenvalue weighted by Gasteiger charge is 2.27. The summed E-state index contributed by atoms with van der Waals surface area (Å²) in [6.45, 7) is 4.73. The molecule has 7 heteroatoms. The Morgan fingerprint density at radius 2 is 2.33 bits per heavy atom. The first kappa shape index (κ1) is 14.0. The lowest BCUT2D eigenvalue weighted by molar-refractivity contribution is 0.305. The van der Waals surface area contributed by atoms with Gasteiger partial charge < -0.3 is 8.94 Å². The second-order valence-electron chi connectivity index (χ2n) is 4.87. The van der Waals surface area contributed by atoms with Gasteiger partial charge in [-0.1, -0.05) is 12.1 Å². The fraction of sp³-hybridized carbons (Fsp3) is 0.357. The van der Waals surface area contributed by atoms with Crippen LogP contribution in [0.5, 0.6) is 0 Å². The van der Waals surface area contributed by atoms with Gasteiger partial charge in [0.2, 0.25) is 11.7 Å². The fourth-order valence-corrected chi connectivity index (χ4v) is 2.80. The number of nitrogens with one attached hydrogen (secondary N) is 1. The predicted molar refractivity (Wildman–Crippen MR) is 78.6 cm³/mol. The molecule has 0 aliphatic heterocycles. The number of rotatable bonds is 6. The van der Waals surface area contributed by atoms with Gasteiger partial charge in [-0.15, -0.1) is 11.3 Å². The van der Waals surface area contributed by atoms with Crippen molar-refractivity contribution in [3.8, 4) is 11.6 Å². The molecule has 6 nitrogen and oxygen atoms in total. The van der Waals surface area contributed by atoms with Crippen LogP contribution in [0.2, 0.25) is 0 Å². The normalized spacial score (nSPS) is 14.2. The van der Waals surface area contributed by atoms with Crippen LogP contribution < -0.4 is 5.32 Å². The number of furan rings is 1. The summed E-state index contributed by atoms with van der Waals surface area (Å²) in [5.41, 5.74) is -0.201. The summed E-state index contributed by atoms with van der Waals surface area (Å²) in [6.07, 6.45) is 4.32. The molecule has 0 bridgehead atoms. The molecule has 0 saturated carbocycles. The average Bonchev–Trinajstić information content (AvgIpc) is 3.26. The molecule has 0 aliphatic rings. The van der Waals surface area contributed by atoms with Crippen molar-refractivity contribution in [1.82, 2.24) is 20.4 Å². The summed E-state index contributed by atoms with van der Waals surface area (Å²) in [6, 6.07) is 3.59. The highest BCUT2D eigenvalue weighted by Crippen LogP contribution is 2.26. The minimum atomic E-state index is -0.201. The molecule has 0 spiro atoms. The van der Waals surface area contributed by atoms with Gasteiger partial charge in [0, 0.05) is 11.6 Å². The van der Waals surface area contributed by atoms with E-state index in [0.717, 1.165) is 11.4 Å². The van der Waals surface area contributed by atoms with Gasteiger partial charge in [0.05, 0.1) is 18.3 Å². The largest absolute Gasteiger partial charge is 0.461 e. The Bertz CT molecular complexity index is 678. The molecule has 0 saturated heterocycles. The first-order chi connectivity index (χ1) is 10.2. The van der Waals surface area contributed by atoms with Gasteiger partial charge in [-0.2, -0.15) is 4.98 Å². The summed E-state index contributed by atoms with van der Waals surface area (Å²) in [5, 5.41) is 10.4. The van der Waals surface area contributed by atoms with Crippen LogP contribution in [0, 0.1) is 0 Å². The second-order valence-corrected chi connectivity index (χ2v) is 5.76. The molecule has 0 fully saturated rings. The van der Waals surface area contributed by atoms with Crippen molar-refractivity contribution in [3.63, 3.8) is 0 Å². The fourth-order valence-electron chi connectivity index (χ4n) is 1.95. The third-order valence-electron chi connectivity index (χ3n) is 3.45. The molecule has 21 heavy (non-hydrogen) atoms. The van der Waals surface area contributed by atoms with Crippen LogP contribution >= 0.6 is 11.3 Å². The molecule has 0 aromatic carbocycles. The van der Waals surface area contributed by atoms with Crippen LogP contribution in [0.25, 0.3) is 11.6 Å². The molecule has 3 rings (SSSR count). The van der Waals surface area contributed by atoms with E-state index in [1.165, 1.54) is 0 Å². The maximum atomic E-state index is 5.25. The third kappa shape index (κ3) is 2.88. The molecular weight excluding hydrogens is 288 g/mol. The highest BCUT2D eigenvalue weighted by molar-refractivity contribution is 7.09. The van der Waals surface area contributed by atoms with Gasteiger partial charge in [-0.05, 0) is 25.5 Å². The van der Waals surface area contributed by atoms with Gasteiger partial charge in [0.25, 0.3) is 0 Å². The quantitative estimate of drug-likeness (QED) is 0.753. The van der Waals surface area contributed by atoms with Crippen molar-refractivity contribution in [1.29, 1.82) is 0 Å². The summed E-state index contributed by atoms with van der Waals surface area (Å²) in [5.74, 6) is 1.59. The maximum Gasteiger partial charge on any atom is 0.241 e. The van der Waals surface area contributed by atoms with E-state index in [1.54, 1.807) is 29.7 Å². The molecule has 110 valence electrons. The molecule has 0 amide bonds. The van der Waals surface area contributed by atoms with Crippen molar-refractivity contribution in [2.75, 3.05) is 0 Å². The van der Waals surface area contributed by atoms with Crippen LogP contribution in [-0.4, -0.2) is 15.1 Å². The Labute approximate surface area is 126 Å². The van der Waals surface area contributed by atoms with E-state index in [2.05, 4.69) is 34.3 Å². The molecule has 3 aromatic heterocycles. The Hall–Kier alpha value is -1.99. The second kappa shape index (κ2) is 5.79. The Morgan fingerprint density at radius 1 is 1.43 bits per heavy atom. The third-order valence-corrected chi connectivity index (χ3v) is 4.49. The number of hydrogen-bond donors (Lipinski definition) is 1. The SMILES string of the molecule is CC[C@@](C)(NCc1nc(-c2ccco2)no1)c1nccs1. The number of hydrogen-bond acceptors (Lipinski definition) is 7. The van der Waals surface area contributed by atoms with E-state index in [-0.39, 0.29) is 5.54 Å². The van der Waals surface area contributed by atoms with Crippen molar-refractivity contribution < 1.29 is 8.94 Å². The van der Waals surface area contributed by atoms with Crippen LogP contribution in [0.1, 0.15) is 31.2 Å². The molecular formula is C14H16N4O2S. The number of thiazole rings is 1. The monoisotopic (exact) mass is 304 g/mol. The summed E-state index contributed by atoms with van der Waals surface area (Å²) < 4.78 is 10.5. The lowest BCUT2D eigenvalue weighted by Gasteiger charge is -2.26. The lowest BCUT2D eigenvalue weighted by atomic mass is 10.00. The Kier molecular flexibility index (Phi) is 3.85. The van der Waals surface area contributed by atoms with Gasteiger partial charge in [0.1, 0.15) is 5.01 Å². The maximum absolute atomic E-state index is 5.25. The standard InChI is InChI=1S/C14H16N4O2S/c1-3-14(2,13-15-6-8-21-13)16-9-11-17-12(18-20-11)10-5-4-7-19-10/h4-8,16H,3,9H2,1-2H3/t14-/m1/s1. The summed E-state index contributed by atoms with van der Waals surface area (Å²) in [7, 11) is 0. The van der Waals surface area contributed by atoms with Gasteiger partial charge in [0.15, 0.2) is 5.76 Å². The molecule has 0 radical (unpaired) electrons. The first-order valence-corrected chi connectivity index (χ1v) is 7.61. The summed E-state index contributed by atoms with van der Waals surface area (Å²) in [4.78, 5) is 8.71. The zero-order valence-electron chi connectivity index (χ0n) is 11.9. The Morgan fingerprint density at radius 3 is 3.00 bits per heavy atom. The molecule has 0 unspecified atom stereocenters. The van der Waals surface area contributed by atoms with Crippen LogP contribution in [0.15, 0.2) is 38.9 Å². The van der Waals surface area contributed by atoms with Gasteiger partial charge in [-0.3, -0.25) is 5.32 Å². The molecule has 0 aliphatic carbocycles. The van der Waals surface area contributed by atoms with E-state index in [0.29, 0.717) is 24.0 Å². The topological polar surface area (TPSA) is 77.0 Å². The predicted octanol–water partition coefficient (Wildman–Crippen LogP) is 3.20. The first-order valence-electron chi connectivity index (χ1n) is 6.73. The smallest absolute Gasteiger partial charge is 0.241 e. The zero-order chi connectivity index (χ0) is 14.7. The van der Waals surface area contributed by atoms with Crippen LogP contribution in [-0.2, 0) is 12.1 Å². The van der Waals surface area contributed by atoms with Crippen molar-refractivity contribution in [2.24, 2.45) is 0 Å². The molecule has 1 atom stereocenters. The number of nitrogens with zero attached hydrogens (tertiary/aromatic N) is 3. The number of aromatic nitrogens is 3. The van der Waals surface area contributed by atoms with Crippen molar-refractivity contribution in [2.45, 2.75) is 32.4 Å². The van der Waals surface area contributed by atoms with Gasteiger partial charge in [-0.25, -0.2) is 4.98 Å². The van der Waals surface area contributed by atoms with E-state index in [1.807, 2.05) is 11.6 Å². The zero-order valence-corrected chi connectivity index (χ0v) is 12.7. The van der Waals surface area contributed by atoms with Crippen LogP contribution in [0.3, 0.4) is 0 Å². The Balaban J connectivity index is 1.70. The molecule has 1 N–H and O–H groups in total. The van der Waals surface area contributed by atoms with E-state index >= 15 is 0 Å². The van der Waals surface area contributed by atoms with Crippen molar-refractivity contribution >= 4 is 11.3 Å². The van der Waals surface area contributed by atoms with E-state index in [4.69, 9.17) is 8.94 Å². The minimum absolute atomic E-state index is 0.201. The van der Waals surface area contributed by atoms with E-state index in [9.17, 15) is 0 Å². The molecule has 3 aromatic rings. The van der Waals surface area contributed by atoms with Crippen LogP contribution in [0.4, 0.5) is 0 Å². The minimum Gasteiger partial charge on any atom is -0.461 e. The van der Waals surface area contributed by atoms with E-state index < -0.39 is 0 Å². The lowest BCUT2D eigenvalue weighted by Crippen LogP contribution is -2.38. The van der Waals surface area contributed by atoms with Crippen molar-refractivity contribution in [3.05, 3.63) is 40.9 Å². The average molecular weight is 304 g/mol. The van der Waals surface area contributed by atoms with Gasteiger partial charge >= 0.3 is 0 Å². The summed E-state index contributed by atoms with van der Waals surface area (Å²) >= 11 is 1.64. The molecule has 3 heterocycles.